The fraction of sp³-hybridized carbons (Fsp3) is 0.440. The number of para-hydroxylation sites is 2. The Labute approximate surface area is 182 Å². The van der Waals surface area contributed by atoms with Crippen LogP contribution < -0.4 is 4.90 Å². The molecule has 2 aliphatic rings. The maximum atomic E-state index is 12.8. The standard InChI is InChI=1S/C25H28ClN3O/c26-20-10-12-21(13-11-20)29-17-19(16-24(29)30)25-27-22-8-4-5-9-23(22)28(25)15-14-18-6-2-1-3-7-18/h4-5,8-13,18-19H,1-3,6-7,14-17H2/t19-/m0/s1. The lowest BCUT2D eigenvalue weighted by Crippen LogP contribution is -2.24. The molecule has 2 heterocycles. The van der Waals surface area contributed by atoms with Gasteiger partial charge in [-0.1, -0.05) is 55.8 Å². The Morgan fingerprint density at radius 3 is 2.57 bits per heavy atom. The summed E-state index contributed by atoms with van der Waals surface area (Å²) in [5.74, 6) is 2.17. The van der Waals surface area contributed by atoms with E-state index in [0.717, 1.165) is 29.5 Å². The predicted octanol–water partition coefficient (Wildman–Crippen LogP) is 6.18. The number of benzene rings is 2. The van der Waals surface area contributed by atoms with Crippen LogP contribution in [-0.4, -0.2) is 22.0 Å². The molecule has 1 amide bonds. The SMILES string of the molecule is O=C1C[C@H](c2nc3ccccc3n2CCC2CCCCC2)CN1c1ccc(Cl)cc1. The van der Waals surface area contributed by atoms with E-state index < -0.39 is 0 Å². The van der Waals surface area contributed by atoms with Gasteiger partial charge < -0.3 is 9.47 Å². The van der Waals surface area contributed by atoms with Crippen LogP contribution in [0.4, 0.5) is 5.69 Å². The van der Waals surface area contributed by atoms with Crippen molar-refractivity contribution in [1.82, 2.24) is 9.55 Å². The zero-order chi connectivity index (χ0) is 20.5. The lowest BCUT2D eigenvalue weighted by molar-refractivity contribution is -0.117. The Morgan fingerprint density at radius 1 is 1.00 bits per heavy atom. The number of aryl methyl sites for hydroxylation is 1. The predicted molar refractivity (Wildman–Crippen MR) is 122 cm³/mol. The van der Waals surface area contributed by atoms with E-state index in [1.165, 1.54) is 44.0 Å². The molecule has 5 heteroatoms. The van der Waals surface area contributed by atoms with Gasteiger partial charge in [0.25, 0.3) is 0 Å². The van der Waals surface area contributed by atoms with Gasteiger partial charge in [-0.05, 0) is 48.7 Å². The minimum atomic E-state index is 0.118. The Morgan fingerprint density at radius 2 is 1.77 bits per heavy atom. The van der Waals surface area contributed by atoms with E-state index in [4.69, 9.17) is 16.6 Å². The zero-order valence-electron chi connectivity index (χ0n) is 17.3. The van der Waals surface area contributed by atoms with Crippen LogP contribution in [0.5, 0.6) is 0 Å². The first-order valence-electron chi connectivity index (χ1n) is 11.2. The first-order valence-corrected chi connectivity index (χ1v) is 11.6. The molecule has 1 saturated carbocycles. The molecule has 5 rings (SSSR count). The Bertz CT molecular complexity index is 1040. The highest BCUT2D eigenvalue weighted by Crippen LogP contribution is 2.34. The fourth-order valence-electron chi connectivity index (χ4n) is 5.18. The molecule has 4 nitrogen and oxygen atoms in total. The Kier molecular flexibility index (Phi) is 5.51. The summed E-state index contributed by atoms with van der Waals surface area (Å²) in [4.78, 5) is 19.7. The number of rotatable bonds is 5. The number of imidazole rings is 1. The van der Waals surface area contributed by atoms with Crippen molar-refractivity contribution in [3.63, 3.8) is 0 Å². The third-order valence-electron chi connectivity index (χ3n) is 6.80. The normalized spacial score (nSPS) is 20.4. The number of aromatic nitrogens is 2. The molecule has 3 aromatic rings. The van der Waals surface area contributed by atoms with Gasteiger partial charge in [0, 0.05) is 36.1 Å². The number of halogens is 1. The third-order valence-corrected chi connectivity index (χ3v) is 7.05. The van der Waals surface area contributed by atoms with Gasteiger partial charge >= 0.3 is 0 Å². The maximum Gasteiger partial charge on any atom is 0.227 e. The van der Waals surface area contributed by atoms with Gasteiger partial charge in [-0.25, -0.2) is 4.98 Å². The summed E-state index contributed by atoms with van der Waals surface area (Å²) in [6, 6.07) is 15.9. The number of hydrogen-bond donors (Lipinski definition) is 0. The van der Waals surface area contributed by atoms with Crippen LogP contribution in [-0.2, 0) is 11.3 Å². The quantitative estimate of drug-likeness (QED) is 0.493. The number of nitrogens with zero attached hydrogens (tertiary/aromatic N) is 3. The molecule has 30 heavy (non-hydrogen) atoms. The summed E-state index contributed by atoms with van der Waals surface area (Å²) in [6.07, 6.45) is 8.55. The van der Waals surface area contributed by atoms with Crippen molar-refractivity contribution >= 4 is 34.2 Å². The average molecular weight is 422 g/mol. The molecule has 1 aliphatic heterocycles. The highest BCUT2D eigenvalue weighted by Gasteiger charge is 2.35. The van der Waals surface area contributed by atoms with E-state index in [1.54, 1.807) is 0 Å². The largest absolute Gasteiger partial charge is 0.328 e. The molecule has 2 fully saturated rings. The summed E-state index contributed by atoms with van der Waals surface area (Å²) in [5.41, 5.74) is 3.14. The maximum absolute atomic E-state index is 12.8. The summed E-state index contributed by atoms with van der Waals surface area (Å²) < 4.78 is 2.40. The molecule has 2 aromatic carbocycles. The van der Waals surface area contributed by atoms with Crippen molar-refractivity contribution in [2.24, 2.45) is 5.92 Å². The van der Waals surface area contributed by atoms with Crippen LogP contribution >= 0.6 is 11.6 Å². The fourth-order valence-corrected chi connectivity index (χ4v) is 5.31. The molecular formula is C25H28ClN3O. The lowest BCUT2D eigenvalue weighted by atomic mass is 9.87. The van der Waals surface area contributed by atoms with Crippen LogP contribution in [0, 0.1) is 5.92 Å². The van der Waals surface area contributed by atoms with Crippen molar-refractivity contribution in [2.75, 3.05) is 11.4 Å². The molecule has 0 radical (unpaired) electrons. The van der Waals surface area contributed by atoms with Crippen LogP contribution in [0.15, 0.2) is 48.5 Å². The summed E-state index contributed by atoms with van der Waals surface area (Å²) in [5, 5.41) is 0.687. The van der Waals surface area contributed by atoms with E-state index in [-0.39, 0.29) is 11.8 Å². The molecule has 156 valence electrons. The molecule has 0 unspecified atom stereocenters. The number of amides is 1. The second-order valence-corrected chi connectivity index (χ2v) is 9.22. The van der Waals surface area contributed by atoms with Gasteiger partial charge in [-0.3, -0.25) is 4.79 Å². The van der Waals surface area contributed by atoms with E-state index in [0.29, 0.717) is 18.0 Å². The van der Waals surface area contributed by atoms with E-state index in [9.17, 15) is 4.79 Å². The molecule has 0 bridgehead atoms. The van der Waals surface area contributed by atoms with Crippen LogP contribution in [0.2, 0.25) is 5.02 Å². The number of anilines is 1. The van der Waals surface area contributed by atoms with E-state index in [2.05, 4.69) is 22.8 Å². The van der Waals surface area contributed by atoms with E-state index >= 15 is 0 Å². The summed E-state index contributed by atoms with van der Waals surface area (Å²) in [6.45, 7) is 1.67. The molecule has 0 spiro atoms. The number of fused-ring (bicyclic) bond motifs is 1. The third kappa shape index (κ3) is 3.85. The monoisotopic (exact) mass is 421 g/mol. The number of hydrogen-bond acceptors (Lipinski definition) is 2. The van der Waals surface area contributed by atoms with Crippen molar-refractivity contribution in [2.45, 2.75) is 57.4 Å². The second kappa shape index (κ2) is 8.43. The molecule has 1 aromatic heterocycles. The molecule has 0 N–H and O–H groups in total. The van der Waals surface area contributed by atoms with Gasteiger partial charge in [-0.15, -0.1) is 0 Å². The van der Waals surface area contributed by atoms with Crippen molar-refractivity contribution < 1.29 is 4.79 Å². The van der Waals surface area contributed by atoms with Gasteiger partial charge in [0.1, 0.15) is 5.82 Å². The van der Waals surface area contributed by atoms with Gasteiger partial charge in [0.05, 0.1) is 11.0 Å². The van der Waals surface area contributed by atoms with Crippen molar-refractivity contribution in [3.05, 3.63) is 59.4 Å². The lowest BCUT2D eigenvalue weighted by Gasteiger charge is -2.23. The molecule has 1 atom stereocenters. The highest BCUT2D eigenvalue weighted by molar-refractivity contribution is 6.30. The summed E-state index contributed by atoms with van der Waals surface area (Å²) >= 11 is 6.03. The number of carbonyl (C=O) groups excluding carboxylic acids is 1. The van der Waals surface area contributed by atoms with Gasteiger partial charge in [0.15, 0.2) is 0 Å². The smallest absolute Gasteiger partial charge is 0.227 e. The summed E-state index contributed by atoms with van der Waals surface area (Å²) in [7, 11) is 0. The minimum absolute atomic E-state index is 0.118. The van der Waals surface area contributed by atoms with Gasteiger partial charge in [-0.2, -0.15) is 0 Å². The average Bonchev–Trinajstić information content (AvgIpc) is 3.34. The Balaban J connectivity index is 1.42. The molecule has 1 saturated heterocycles. The van der Waals surface area contributed by atoms with Gasteiger partial charge in [0.2, 0.25) is 5.91 Å². The second-order valence-electron chi connectivity index (χ2n) is 8.78. The first-order chi connectivity index (χ1) is 14.7. The molecular weight excluding hydrogens is 394 g/mol. The first kappa shape index (κ1) is 19.6. The Hall–Kier alpha value is -2.33. The van der Waals surface area contributed by atoms with Crippen LogP contribution in [0.3, 0.4) is 0 Å². The molecule has 1 aliphatic carbocycles. The van der Waals surface area contributed by atoms with Crippen molar-refractivity contribution in [3.8, 4) is 0 Å². The van der Waals surface area contributed by atoms with Crippen LogP contribution in [0.25, 0.3) is 11.0 Å². The van der Waals surface area contributed by atoms with E-state index in [1.807, 2.05) is 35.2 Å². The minimum Gasteiger partial charge on any atom is -0.328 e. The zero-order valence-corrected chi connectivity index (χ0v) is 18.0. The van der Waals surface area contributed by atoms with Crippen molar-refractivity contribution in [1.29, 1.82) is 0 Å². The number of carbonyl (C=O) groups is 1. The highest BCUT2D eigenvalue weighted by atomic mass is 35.5. The topological polar surface area (TPSA) is 38.1 Å². The van der Waals surface area contributed by atoms with Crippen LogP contribution in [0.1, 0.15) is 56.7 Å².